The summed E-state index contributed by atoms with van der Waals surface area (Å²) in [6.45, 7) is 2.94. The number of hydrogen-bond donors (Lipinski definition) is 1. The van der Waals surface area contributed by atoms with Crippen molar-refractivity contribution in [1.29, 1.82) is 5.26 Å². The molecule has 1 aliphatic rings. The van der Waals surface area contributed by atoms with Crippen LogP contribution in [0, 0.1) is 28.4 Å². The topological polar surface area (TPSA) is 112 Å². The monoisotopic (exact) mass is 301 g/mol. The summed E-state index contributed by atoms with van der Waals surface area (Å²) in [6, 6.07) is 6.30. The zero-order valence-corrected chi connectivity index (χ0v) is 12.1. The third-order valence-electron chi connectivity index (χ3n) is 3.34. The van der Waals surface area contributed by atoms with Crippen LogP contribution in [-0.4, -0.2) is 34.5 Å². The van der Waals surface area contributed by atoms with Crippen molar-refractivity contribution in [1.82, 2.24) is 4.90 Å². The number of hydrazone groups is 1. The van der Waals surface area contributed by atoms with Crippen LogP contribution in [0.3, 0.4) is 0 Å². The Kier molecular flexibility index (Phi) is 4.68. The van der Waals surface area contributed by atoms with Crippen molar-refractivity contribution in [3.05, 3.63) is 33.9 Å². The van der Waals surface area contributed by atoms with Gasteiger partial charge in [0, 0.05) is 19.2 Å². The fourth-order valence-corrected chi connectivity index (χ4v) is 2.19. The molecule has 0 radical (unpaired) electrons. The lowest BCUT2D eigenvalue weighted by Crippen LogP contribution is -2.33. The number of carbonyl (C=O) groups is 1. The van der Waals surface area contributed by atoms with Crippen molar-refractivity contribution in [3.8, 4) is 6.07 Å². The highest BCUT2D eigenvalue weighted by molar-refractivity contribution is 6.45. The number of nitrogens with zero attached hydrogens (tertiary/aromatic N) is 4. The minimum Gasteiger partial charge on any atom is -0.337 e. The summed E-state index contributed by atoms with van der Waals surface area (Å²) in [6.07, 6.45) is 1.81. The van der Waals surface area contributed by atoms with Gasteiger partial charge in [-0.3, -0.25) is 20.3 Å². The quantitative estimate of drug-likeness (QED) is 0.518. The molecule has 1 N–H and O–H groups in total. The highest BCUT2D eigenvalue weighted by atomic mass is 16.6. The SMILES string of the molecule is Cc1ccc(N/N=C(\C#N)C(=O)N2CCCC2)c([N+](=O)[O-])c1. The molecule has 0 atom stereocenters. The van der Waals surface area contributed by atoms with Crippen LogP contribution >= 0.6 is 0 Å². The largest absolute Gasteiger partial charge is 0.337 e. The van der Waals surface area contributed by atoms with Gasteiger partial charge in [-0.1, -0.05) is 6.07 Å². The first kappa shape index (κ1) is 15.4. The Morgan fingerprint density at radius 1 is 1.45 bits per heavy atom. The molecule has 1 amide bonds. The minimum atomic E-state index is -0.542. The fraction of sp³-hybridized carbons (Fsp3) is 0.357. The van der Waals surface area contributed by atoms with E-state index in [1.54, 1.807) is 24.0 Å². The Morgan fingerprint density at radius 2 is 2.14 bits per heavy atom. The molecule has 1 aliphatic heterocycles. The normalized spacial score (nSPS) is 14.5. The lowest BCUT2D eigenvalue weighted by atomic mass is 10.2. The lowest BCUT2D eigenvalue weighted by Gasteiger charge is -2.13. The Labute approximate surface area is 127 Å². The molecule has 8 nitrogen and oxygen atoms in total. The van der Waals surface area contributed by atoms with Crippen molar-refractivity contribution >= 4 is 23.0 Å². The third kappa shape index (κ3) is 3.38. The molecule has 1 aromatic carbocycles. The molecule has 0 unspecified atom stereocenters. The van der Waals surface area contributed by atoms with Crippen LogP contribution in [0.5, 0.6) is 0 Å². The van der Waals surface area contributed by atoms with Gasteiger partial charge in [-0.2, -0.15) is 10.4 Å². The van der Waals surface area contributed by atoms with Gasteiger partial charge in [0.05, 0.1) is 4.92 Å². The molecule has 0 spiro atoms. The minimum absolute atomic E-state index is 0.137. The fourth-order valence-electron chi connectivity index (χ4n) is 2.19. The van der Waals surface area contributed by atoms with Gasteiger partial charge in [-0.05, 0) is 31.4 Å². The van der Waals surface area contributed by atoms with E-state index < -0.39 is 10.8 Å². The molecule has 8 heteroatoms. The number of carbonyl (C=O) groups excluding carboxylic acids is 1. The van der Waals surface area contributed by atoms with E-state index in [-0.39, 0.29) is 17.1 Å². The van der Waals surface area contributed by atoms with Crippen molar-refractivity contribution in [2.24, 2.45) is 5.10 Å². The number of rotatable bonds is 4. The maximum Gasteiger partial charge on any atom is 0.294 e. The van der Waals surface area contributed by atoms with Crippen molar-refractivity contribution in [3.63, 3.8) is 0 Å². The maximum atomic E-state index is 12.1. The van der Waals surface area contributed by atoms with E-state index in [1.165, 1.54) is 12.1 Å². The number of hydrogen-bond acceptors (Lipinski definition) is 6. The predicted molar refractivity (Wildman–Crippen MR) is 80.3 cm³/mol. The highest BCUT2D eigenvalue weighted by Crippen LogP contribution is 2.25. The van der Waals surface area contributed by atoms with Gasteiger partial charge in [0.25, 0.3) is 11.6 Å². The van der Waals surface area contributed by atoms with Crippen LogP contribution in [0.25, 0.3) is 0 Å². The molecule has 0 saturated carbocycles. The average Bonchev–Trinajstić information content (AvgIpc) is 3.02. The van der Waals surface area contributed by atoms with E-state index in [4.69, 9.17) is 5.26 Å². The number of anilines is 1. The molecule has 114 valence electrons. The molecule has 1 fully saturated rings. The zero-order chi connectivity index (χ0) is 16.1. The molecular formula is C14H15N5O3. The van der Waals surface area contributed by atoms with E-state index in [1.807, 2.05) is 0 Å². The van der Waals surface area contributed by atoms with Gasteiger partial charge >= 0.3 is 0 Å². The van der Waals surface area contributed by atoms with Crippen LogP contribution in [-0.2, 0) is 4.79 Å². The molecule has 22 heavy (non-hydrogen) atoms. The molecule has 2 rings (SSSR count). The number of nitro benzene ring substituents is 1. The second kappa shape index (κ2) is 6.67. The summed E-state index contributed by atoms with van der Waals surface area (Å²) in [7, 11) is 0. The number of aryl methyl sites for hydroxylation is 1. The molecule has 0 bridgehead atoms. The van der Waals surface area contributed by atoms with Crippen LogP contribution in [0.15, 0.2) is 23.3 Å². The van der Waals surface area contributed by atoms with Gasteiger partial charge < -0.3 is 4.90 Å². The predicted octanol–water partition coefficient (Wildman–Crippen LogP) is 1.82. The number of benzene rings is 1. The van der Waals surface area contributed by atoms with Crippen molar-refractivity contribution in [2.75, 3.05) is 18.5 Å². The van der Waals surface area contributed by atoms with Crippen molar-refractivity contribution < 1.29 is 9.72 Å². The van der Waals surface area contributed by atoms with E-state index in [9.17, 15) is 14.9 Å². The zero-order valence-electron chi connectivity index (χ0n) is 12.1. The summed E-state index contributed by atoms with van der Waals surface area (Å²) in [5.74, 6) is -0.456. The first-order valence-corrected chi connectivity index (χ1v) is 6.81. The van der Waals surface area contributed by atoms with Crippen molar-refractivity contribution in [2.45, 2.75) is 19.8 Å². The molecule has 0 aliphatic carbocycles. The standard InChI is InChI=1S/C14H15N5O3/c1-10-4-5-11(13(8-10)19(21)22)16-17-12(9-15)14(20)18-6-2-3-7-18/h4-5,8,16H,2-3,6-7H2,1H3/b17-12+. The molecule has 1 aromatic rings. The Hall–Kier alpha value is -2.95. The number of likely N-dealkylation sites (tertiary alicyclic amines) is 1. The van der Waals surface area contributed by atoms with Crippen LogP contribution in [0.4, 0.5) is 11.4 Å². The van der Waals surface area contributed by atoms with Gasteiger partial charge in [-0.15, -0.1) is 0 Å². The van der Waals surface area contributed by atoms with Gasteiger partial charge in [0.2, 0.25) is 5.71 Å². The van der Waals surface area contributed by atoms with Gasteiger partial charge in [-0.25, -0.2) is 0 Å². The number of nitriles is 1. The second-order valence-corrected chi connectivity index (χ2v) is 4.96. The number of nitrogens with one attached hydrogen (secondary N) is 1. The second-order valence-electron chi connectivity index (χ2n) is 4.96. The third-order valence-corrected chi connectivity index (χ3v) is 3.34. The Balaban J connectivity index is 2.20. The van der Waals surface area contributed by atoms with Crippen LogP contribution in [0.2, 0.25) is 0 Å². The van der Waals surface area contributed by atoms with E-state index in [0.717, 1.165) is 18.4 Å². The highest BCUT2D eigenvalue weighted by Gasteiger charge is 2.23. The molecule has 1 saturated heterocycles. The van der Waals surface area contributed by atoms with Crippen LogP contribution < -0.4 is 5.43 Å². The summed E-state index contributed by atoms with van der Waals surface area (Å²) in [5.41, 5.74) is 2.86. The average molecular weight is 301 g/mol. The van der Waals surface area contributed by atoms with E-state index in [0.29, 0.717) is 13.1 Å². The van der Waals surface area contributed by atoms with E-state index >= 15 is 0 Å². The summed E-state index contributed by atoms with van der Waals surface area (Å²) in [5, 5.41) is 23.8. The lowest BCUT2D eigenvalue weighted by molar-refractivity contribution is -0.384. The Morgan fingerprint density at radius 3 is 2.73 bits per heavy atom. The first-order chi connectivity index (χ1) is 10.5. The molecule has 0 aromatic heterocycles. The van der Waals surface area contributed by atoms with Crippen LogP contribution in [0.1, 0.15) is 18.4 Å². The number of amides is 1. The molecular weight excluding hydrogens is 286 g/mol. The molecule has 1 heterocycles. The smallest absolute Gasteiger partial charge is 0.294 e. The summed E-state index contributed by atoms with van der Waals surface area (Å²) < 4.78 is 0. The number of nitro groups is 1. The Bertz CT molecular complexity index is 672. The van der Waals surface area contributed by atoms with E-state index in [2.05, 4.69) is 10.5 Å². The summed E-state index contributed by atoms with van der Waals surface area (Å²) in [4.78, 5) is 24.1. The van der Waals surface area contributed by atoms with Gasteiger partial charge in [0.15, 0.2) is 0 Å². The van der Waals surface area contributed by atoms with Gasteiger partial charge in [0.1, 0.15) is 11.8 Å². The first-order valence-electron chi connectivity index (χ1n) is 6.81. The summed E-state index contributed by atoms with van der Waals surface area (Å²) >= 11 is 0. The maximum absolute atomic E-state index is 12.1.